The molecule has 14 heavy (non-hydrogen) atoms. The van der Waals surface area contributed by atoms with Crippen LogP contribution < -0.4 is 5.68 Å². The van der Waals surface area contributed by atoms with Crippen molar-refractivity contribution < 1.29 is 17.7 Å². The fraction of sp³-hybridized carbons (Fsp3) is 0. The maximum absolute atomic E-state index is 11.6. The maximum atomic E-state index is 11.6. The molecule has 1 aromatic carbocycles. The molecule has 1 aromatic heterocycles. The molecule has 2 rings (SSSR count). The third-order valence-electron chi connectivity index (χ3n) is 1.61. The molecule has 0 radical (unpaired) electrons. The van der Waals surface area contributed by atoms with Crippen molar-refractivity contribution in [2.24, 2.45) is 0 Å². The van der Waals surface area contributed by atoms with Gasteiger partial charge in [-0.05, 0) is 12.1 Å². The van der Waals surface area contributed by atoms with Gasteiger partial charge >= 0.3 is 15.7 Å². The fourth-order valence-electron chi connectivity index (χ4n) is 0.942. The first-order valence-corrected chi connectivity index (χ1v) is 5.10. The second-order valence-corrected chi connectivity index (χ2v) is 4.26. The lowest BCUT2D eigenvalue weighted by molar-refractivity contribution is -0.126. The van der Waals surface area contributed by atoms with E-state index < -0.39 is 15.7 Å². The third-order valence-corrected chi connectivity index (χ3v) is 3.14. The molecule has 2 aromatic rings. The Bertz CT molecular complexity index is 574. The molecule has 74 valence electrons. The minimum Gasteiger partial charge on any atom is -0.244 e. The Kier molecular flexibility index (Phi) is 1.81. The number of hydrogen-bond acceptors (Lipinski definition) is 5. The van der Waals surface area contributed by atoms with E-state index >= 15 is 0 Å². The molecule has 0 fully saturated rings. The van der Waals surface area contributed by atoms with Gasteiger partial charge in [-0.1, -0.05) is 18.2 Å². The van der Waals surface area contributed by atoms with Crippen molar-refractivity contribution in [3.8, 4) is 0 Å². The van der Waals surface area contributed by atoms with Crippen molar-refractivity contribution >= 4 is 10.0 Å². The van der Waals surface area contributed by atoms with Crippen LogP contribution in [0.3, 0.4) is 0 Å². The summed E-state index contributed by atoms with van der Waals surface area (Å²) >= 11 is 0. The first kappa shape index (κ1) is 8.82. The predicted molar refractivity (Wildman–Crippen MR) is 43.8 cm³/mol. The van der Waals surface area contributed by atoms with E-state index in [1.54, 1.807) is 18.2 Å². The first-order chi connectivity index (χ1) is 6.62. The second-order valence-electron chi connectivity index (χ2n) is 2.51. The quantitative estimate of drug-likeness (QED) is 0.732. The lowest BCUT2D eigenvalue weighted by Gasteiger charge is -2.04. The molecular formula is C7H6N2O4S. The van der Waals surface area contributed by atoms with Gasteiger partial charge in [-0.3, -0.25) is 0 Å². The zero-order valence-corrected chi connectivity index (χ0v) is 7.69. The summed E-state index contributed by atoms with van der Waals surface area (Å²) in [5, 5.41) is 6.99. The number of aromatic nitrogens is 1. The van der Waals surface area contributed by atoms with Gasteiger partial charge in [-0.2, -0.15) is 13.1 Å². The molecule has 0 bridgehead atoms. The number of hydrogen-bond donors (Lipinski definition) is 1. The van der Waals surface area contributed by atoms with Crippen LogP contribution in [0.5, 0.6) is 0 Å². The summed E-state index contributed by atoms with van der Waals surface area (Å²) in [6.07, 6.45) is 0. The number of nitrogens with zero attached hydrogens (tertiary/aromatic N) is 1. The summed E-state index contributed by atoms with van der Waals surface area (Å²) in [6, 6.07) is 7.67. The SMILES string of the molecule is N=c1oon1S(=O)(=O)c1ccccc1. The van der Waals surface area contributed by atoms with Crippen molar-refractivity contribution in [1.29, 1.82) is 5.41 Å². The van der Waals surface area contributed by atoms with Crippen LogP contribution in [0.15, 0.2) is 44.5 Å². The van der Waals surface area contributed by atoms with E-state index in [0.717, 1.165) is 0 Å². The Morgan fingerprint density at radius 2 is 1.86 bits per heavy atom. The standard InChI is InChI=1S/C7H6N2O4S/c8-7-9(13-12-7)14(10,11)6-4-2-1-3-5-6/h1-5,8H. The van der Waals surface area contributed by atoms with Gasteiger partial charge in [0.05, 0.1) is 4.90 Å². The normalized spacial score (nSPS) is 11.7. The Labute approximate surface area is 78.8 Å². The Hall–Kier alpha value is -1.76. The zero-order valence-electron chi connectivity index (χ0n) is 6.88. The topological polar surface area (TPSA) is 89.2 Å². The van der Waals surface area contributed by atoms with Crippen LogP contribution >= 0.6 is 0 Å². The van der Waals surface area contributed by atoms with E-state index in [1.807, 2.05) is 0 Å². The summed E-state index contributed by atoms with van der Waals surface area (Å²) in [6.45, 7) is 0. The molecule has 0 unspecified atom stereocenters. The molecule has 6 nitrogen and oxygen atoms in total. The van der Waals surface area contributed by atoms with Crippen molar-refractivity contribution in [3.05, 3.63) is 36.0 Å². The minimum atomic E-state index is -3.79. The molecule has 1 N–H and O–H groups in total. The third kappa shape index (κ3) is 1.18. The van der Waals surface area contributed by atoms with Crippen LogP contribution in [-0.2, 0) is 10.0 Å². The monoisotopic (exact) mass is 214 g/mol. The van der Waals surface area contributed by atoms with Crippen LogP contribution in [-0.4, -0.2) is 12.6 Å². The van der Waals surface area contributed by atoms with Gasteiger partial charge < -0.3 is 0 Å². The lowest BCUT2D eigenvalue weighted by Crippen LogP contribution is -2.30. The Morgan fingerprint density at radius 3 is 2.29 bits per heavy atom. The highest BCUT2D eigenvalue weighted by Crippen LogP contribution is 2.10. The van der Waals surface area contributed by atoms with Crippen molar-refractivity contribution in [2.45, 2.75) is 4.90 Å². The summed E-state index contributed by atoms with van der Waals surface area (Å²) in [5.41, 5.74) is -0.547. The van der Waals surface area contributed by atoms with E-state index in [1.165, 1.54) is 12.1 Å². The molecule has 0 saturated heterocycles. The molecule has 0 aliphatic rings. The van der Waals surface area contributed by atoms with Gasteiger partial charge in [0.1, 0.15) is 0 Å². The average Bonchev–Trinajstić information content (AvgIpc) is 2.16. The minimum absolute atomic E-state index is 0.0491. The van der Waals surface area contributed by atoms with Gasteiger partial charge in [0.2, 0.25) is 0 Å². The van der Waals surface area contributed by atoms with E-state index in [2.05, 4.69) is 9.26 Å². The van der Waals surface area contributed by atoms with Crippen molar-refractivity contribution in [2.75, 3.05) is 0 Å². The predicted octanol–water partition coefficient (Wildman–Crippen LogP) is 0.391. The highest BCUT2D eigenvalue weighted by Gasteiger charge is 2.23. The summed E-state index contributed by atoms with van der Waals surface area (Å²) in [7, 11) is -3.79. The summed E-state index contributed by atoms with van der Waals surface area (Å²) < 4.78 is 31.9. The van der Waals surface area contributed by atoms with Crippen LogP contribution in [0, 0.1) is 5.41 Å². The molecule has 0 atom stereocenters. The number of benzene rings is 1. The highest BCUT2D eigenvalue weighted by atomic mass is 32.2. The van der Waals surface area contributed by atoms with Crippen LogP contribution in [0.25, 0.3) is 0 Å². The average molecular weight is 214 g/mol. The van der Waals surface area contributed by atoms with Crippen molar-refractivity contribution in [1.82, 2.24) is 4.15 Å². The molecule has 0 aliphatic carbocycles. The Morgan fingerprint density at radius 1 is 1.21 bits per heavy atom. The molecular weight excluding hydrogens is 208 g/mol. The van der Waals surface area contributed by atoms with E-state index in [0.29, 0.717) is 4.15 Å². The molecule has 1 heterocycles. The van der Waals surface area contributed by atoms with E-state index in [9.17, 15) is 8.42 Å². The van der Waals surface area contributed by atoms with Crippen LogP contribution in [0.1, 0.15) is 0 Å². The molecule has 0 amide bonds. The fourth-order valence-corrected chi connectivity index (χ4v) is 1.99. The highest BCUT2D eigenvalue weighted by molar-refractivity contribution is 7.89. The van der Waals surface area contributed by atoms with Gasteiger partial charge in [-0.25, -0.2) is 9.99 Å². The lowest BCUT2D eigenvalue weighted by atomic mass is 10.4. The van der Waals surface area contributed by atoms with Gasteiger partial charge in [0, 0.05) is 4.15 Å². The van der Waals surface area contributed by atoms with E-state index in [-0.39, 0.29) is 4.90 Å². The maximum Gasteiger partial charge on any atom is 0.390 e. The largest absolute Gasteiger partial charge is 0.390 e. The van der Waals surface area contributed by atoms with Crippen LogP contribution in [0.2, 0.25) is 0 Å². The van der Waals surface area contributed by atoms with Crippen LogP contribution in [0.4, 0.5) is 0 Å². The molecule has 0 spiro atoms. The molecule has 0 aliphatic heterocycles. The molecule has 0 saturated carbocycles. The second kappa shape index (κ2) is 2.88. The summed E-state index contributed by atoms with van der Waals surface area (Å²) in [4.78, 5) is 0.0491. The number of rotatable bonds is 2. The van der Waals surface area contributed by atoms with Crippen molar-refractivity contribution in [3.63, 3.8) is 0 Å². The van der Waals surface area contributed by atoms with E-state index in [4.69, 9.17) is 5.41 Å². The molecule has 7 heteroatoms. The van der Waals surface area contributed by atoms with Gasteiger partial charge in [0.25, 0.3) is 0 Å². The summed E-state index contributed by atoms with van der Waals surface area (Å²) in [5.74, 6) is 0. The van der Waals surface area contributed by atoms with Gasteiger partial charge in [0.15, 0.2) is 0 Å². The van der Waals surface area contributed by atoms with Gasteiger partial charge in [-0.15, -0.1) is 0 Å². The number of nitrogens with one attached hydrogen (secondary N) is 1. The first-order valence-electron chi connectivity index (χ1n) is 3.66. The smallest absolute Gasteiger partial charge is 0.244 e. The zero-order chi connectivity index (χ0) is 10.2. The Balaban J connectivity index is 2.58.